The summed E-state index contributed by atoms with van der Waals surface area (Å²) in [5.74, 6) is 1.27. The lowest BCUT2D eigenvalue weighted by Gasteiger charge is -2.12. The number of benzene rings is 2. The summed E-state index contributed by atoms with van der Waals surface area (Å²) in [4.78, 5) is 23.8. The Bertz CT molecular complexity index is 1070. The number of ether oxygens (including phenoxy) is 2. The van der Waals surface area contributed by atoms with Crippen molar-refractivity contribution in [1.82, 2.24) is 10.5 Å². The Kier molecular flexibility index (Phi) is 6.92. The Hall–Kier alpha value is -3.81. The maximum absolute atomic E-state index is 12.6. The number of carbonyl (C=O) groups is 2. The van der Waals surface area contributed by atoms with Gasteiger partial charge in [-0.05, 0) is 49.7 Å². The summed E-state index contributed by atoms with van der Waals surface area (Å²) in [6.07, 6.45) is 0. The third kappa shape index (κ3) is 5.63. The molecule has 1 aromatic heterocycles. The molecule has 0 saturated heterocycles. The predicted octanol–water partition coefficient (Wildman–Crippen LogP) is 3.77. The quantitative estimate of drug-likeness (QED) is 0.572. The van der Waals surface area contributed by atoms with Crippen LogP contribution in [0, 0.1) is 13.8 Å². The zero-order valence-corrected chi connectivity index (χ0v) is 17.9. The van der Waals surface area contributed by atoms with Crippen LogP contribution in [0.2, 0.25) is 0 Å². The van der Waals surface area contributed by atoms with E-state index in [0.29, 0.717) is 35.1 Å². The summed E-state index contributed by atoms with van der Waals surface area (Å²) in [6, 6.07) is 12.3. The van der Waals surface area contributed by atoms with Crippen LogP contribution < -0.4 is 20.1 Å². The molecular formula is C23H25N3O5. The number of aryl methyl sites for hydroxylation is 2. The molecule has 2 N–H and O–H groups in total. The van der Waals surface area contributed by atoms with Gasteiger partial charge in [0, 0.05) is 24.7 Å². The molecule has 0 radical (unpaired) electrons. The molecular weight excluding hydrogens is 398 g/mol. The van der Waals surface area contributed by atoms with Crippen molar-refractivity contribution in [3.8, 4) is 11.5 Å². The number of nitrogens with zero attached hydrogens (tertiary/aromatic N) is 1. The smallest absolute Gasteiger partial charge is 0.251 e. The minimum atomic E-state index is -0.250. The molecule has 3 rings (SSSR count). The van der Waals surface area contributed by atoms with E-state index in [1.54, 1.807) is 24.3 Å². The van der Waals surface area contributed by atoms with E-state index >= 15 is 0 Å². The number of hydrogen-bond acceptors (Lipinski definition) is 6. The molecule has 0 unspecified atom stereocenters. The molecule has 162 valence electrons. The van der Waals surface area contributed by atoms with E-state index in [2.05, 4.69) is 15.8 Å². The number of hydrogen-bond donors (Lipinski definition) is 2. The van der Waals surface area contributed by atoms with Gasteiger partial charge in [-0.25, -0.2) is 0 Å². The molecule has 2 amide bonds. The fraction of sp³-hybridized carbons (Fsp3) is 0.261. The van der Waals surface area contributed by atoms with Crippen LogP contribution in [0.3, 0.4) is 0 Å². The molecule has 0 atom stereocenters. The lowest BCUT2D eigenvalue weighted by molar-refractivity contribution is -0.114. The highest BCUT2D eigenvalue weighted by molar-refractivity contribution is 5.95. The van der Waals surface area contributed by atoms with Gasteiger partial charge >= 0.3 is 0 Å². The van der Waals surface area contributed by atoms with E-state index in [4.69, 9.17) is 14.0 Å². The van der Waals surface area contributed by atoms with Crippen molar-refractivity contribution in [3.63, 3.8) is 0 Å². The Morgan fingerprint density at radius 1 is 1.10 bits per heavy atom. The average Bonchev–Trinajstić information content (AvgIpc) is 3.07. The zero-order valence-electron chi connectivity index (χ0n) is 17.9. The van der Waals surface area contributed by atoms with E-state index < -0.39 is 0 Å². The Morgan fingerprint density at radius 2 is 1.90 bits per heavy atom. The van der Waals surface area contributed by atoms with Crippen LogP contribution in [0.4, 0.5) is 5.69 Å². The Morgan fingerprint density at radius 3 is 2.58 bits per heavy atom. The first kappa shape index (κ1) is 21.9. The van der Waals surface area contributed by atoms with E-state index in [0.717, 1.165) is 16.8 Å². The lowest BCUT2D eigenvalue weighted by Crippen LogP contribution is -2.23. The van der Waals surface area contributed by atoms with Crippen molar-refractivity contribution < 1.29 is 23.6 Å². The molecule has 0 spiro atoms. The highest BCUT2D eigenvalue weighted by atomic mass is 16.5. The molecule has 0 saturated carbocycles. The second-order valence-electron chi connectivity index (χ2n) is 7.02. The van der Waals surface area contributed by atoms with E-state index in [9.17, 15) is 9.59 Å². The van der Waals surface area contributed by atoms with Gasteiger partial charge in [-0.1, -0.05) is 17.3 Å². The van der Waals surface area contributed by atoms with Crippen LogP contribution in [-0.2, 0) is 17.9 Å². The molecule has 0 aliphatic heterocycles. The Balaban J connectivity index is 1.64. The molecule has 3 aromatic rings. The normalized spacial score (nSPS) is 10.5. The van der Waals surface area contributed by atoms with Crippen molar-refractivity contribution in [3.05, 3.63) is 70.6 Å². The van der Waals surface area contributed by atoms with Gasteiger partial charge in [-0.3, -0.25) is 9.59 Å². The first-order valence-electron chi connectivity index (χ1n) is 9.74. The summed E-state index contributed by atoms with van der Waals surface area (Å²) in [7, 11) is 1.52. The number of nitrogens with one attached hydrogen (secondary N) is 2. The first-order valence-corrected chi connectivity index (χ1v) is 9.74. The first-order chi connectivity index (χ1) is 14.9. The molecule has 0 aliphatic rings. The van der Waals surface area contributed by atoms with Gasteiger partial charge in [0.1, 0.15) is 12.4 Å². The zero-order chi connectivity index (χ0) is 22.4. The number of anilines is 1. The van der Waals surface area contributed by atoms with Crippen LogP contribution in [0.25, 0.3) is 0 Å². The van der Waals surface area contributed by atoms with Gasteiger partial charge in [0.25, 0.3) is 5.91 Å². The minimum absolute atomic E-state index is 0.148. The molecule has 1 heterocycles. The largest absolute Gasteiger partial charge is 0.493 e. The molecule has 0 aliphatic carbocycles. The van der Waals surface area contributed by atoms with Crippen LogP contribution in [-0.4, -0.2) is 24.1 Å². The number of methoxy groups -OCH3 is 1. The molecule has 2 aromatic carbocycles. The van der Waals surface area contributed by atoms with Crippen molar-refractivity contribution in [2.24, 2.45) is 0 Å². The maximum atomic E-state index is 12.6. The van der Waals surface area contributed by atoms with Gasteiger partial charge in [0.15, 0.2) is 11.5 Å². The molecule has 0 fully saturated rings. The van der Waals surface area contributed by atoms with Gasteiger partial charge in [-0.2, -0.15) is 0 Å². The molecule has 0 bridgehead atoms. The minimum Gasteiger partial charge on any atom is -0.493 e. The van der Waals surface area contributed by atoms with E-state index in [1.807, 2.05) is 32.0 Å². The SMILES string of the molecule is COc1cc(C(=O)NCc2cccc(NC(C)=O)c2)ccc1OCc1c(C)noc1C. The van der Waals surface area contributed by atoms with Crippen LogP contribution in [0.15, 0.2) is 47.0 Å². The second kappa shape index (κ2) is 9.80. The summed E-state index contributed by atoms with van der Waals surface area (Å²) in [5.41, 5.74) is 3.65. The number of carbonyl (C=O) groups excluding carboxylic acids is 2. The van der Waals surface area contributed by atoms with Crippen LogP contribution >= 0.6 is 0 Å². The van der Waals surface area contributed by atoms with Crippen molar-refractivity contribution >= 4 is 17.5 Å². The second-order valence-corrected chi connectivity index (χ2v) is 7.02. The molecule has 8 nitrogen and oxygen atoms in total. The Labute approximate surface area is 180 Å². The monoisotopic (exact) mass is 423 g/mol. The summed E-state index contributed by atoms with van der Waals surface area (Å²) >= 11 is 0. The van der Waals surface area contributed by atoms with Crippen LogP contribution in [0.5, 0.6) is 11.5 Å². The molecule has 8 heteroatoms. The van der Waals surface area contributed by atoms with Gasteiger partial charge in [-0.15, -0.1) is 0 Å². The maximum Gasteiger partial charge on any atom is 0.251 e. The average molecular weight is 423 g/mol. The highest BCUT2D eigenvalue weighted by Gasteiger charge is 2.14. The number of aromatic nitrogens is 1. The summed E-state index contributed by atoms with van der Waals surface area (Å²) in [5, 5.41) is 9.50. The lowest BCUT2D eigenvalue weighted by atomic mass is 10.1. The fourth-order valence-electron chi connectivity index (χ4n) is 3.03. The van der Waals surface area contributed by atoms with Crippen LogP contribution in [0.1, 0.15) is 39.9 Å². The number of amides is 2. The van der Waals surface area contributed by atoms with Crippen molar-refractivity contribution in [2.75, 3.05) is 12.4 Å². The third-order valence-corrected chi connectivity index (χ3v) is 4.68. The van der Waals surface area contributed by atoms with Gasteiger partial charge < -0.3 is 24.6 Å². The highest BCUT2D eigenvalue weighted by Crippen LogP contribution is 2.29. The summed E-state index contributed by atoms with van der Waals surface area (Å²) in [6.45, 7) is 5.73. The van der Waals surface area contributed by atoms with Crippen molar-refractivity contribution in [1.29, 1.82) is 0 Å². The molecule has 31 heavy (non-hydrogen) atoms. The summed E-state index contributed by atoms with van der Waals surface area (Å²) < 4.78 is 16.4. The van der Waals surface area contributed by atoms with Crippen molar-refractivity contribution in [2.45, 2.75) is 33.9 Å². The third-order valence-electron chi connectivity index (χ3n) is 4.68. The van der Waals surface area contributed by atoms with Gasteiger partial charge in [0.05, 0.1) is 18.4 Å². The standard InChI is InChI=1S/C23H25N3O5/c1-14-20(15(2)31-26-14)13-30-21-9-8-18(11-22(21)29-4)23(28)24-12-17-6-5-7-19(10-17)25-16(3)27/h5-11H,12-13H2,1-4H3,(H,24,28)(H,25,27). The fourth-order valence-corrected chi connectivity index (χ4v) is 3.03. The predicted molar refractivity (Wildman–Crippen MR) is 115 cm³/mol. The van der Waals surface area contributed by atoms with Gasteiger partial charge in [0.2, 0.25) is 5.91 Å². The van der Waals surface area contributed by atoms with E-state index in [-0.39, 0.29) is 18.4 Å². The van der Waals surface area contributed by atoms with E-state index in [1.165, 1.54) is 14.0 Å². The number of rotatable bonds is 8. The topological polar surface area (TPSA) is 103 Å².